The van der Waals surface area contributed by atoms with E-state index in [1.165, 1.54) is 48.6 Å². The van der Waals surface area contributed by atoms with Gasteiger partial charge in [-0.25, -0.2) is 13.8 Å². The van der Waals surface area contributed by atoms with E-state index in [4.69, 9.17) is 9.47 Å². The zero-order valence-corrected chi connectivity index (χ0v) is 30.0. The lowest BCUT2D eigenvalue weighted by atomic mass is 10.1. The average molecular weight is 673 g/mol. The maximum absolute atomic E-state index is 13.3. The Balaban J connectivity index is 0.00000139. The lowest BCUT2D eigenvalue weighted by Gasteiger charge is -2.18. The number of aromatic nitrogens is 1. The monoisotopic (exact) mass is 672 g/mol. The van der Waals surface area contributed by atoms with E-state index in [1.807, 2.05) is 19.9 Å². The van der Waals surface area contributed by atoms with Crippen LogP contribution in [0.3, 0.4) is 0 Å². The highest BCUT2D eigenvalue weighted by molar-refractivity contribution is 7.19. The smallest absolute Gasteiger partial charge is 0.260 e. The normalized spacial score (nSPS) is 11.3. The highest BCUT2D eigenvalue weighted by Gasteiger charge is 2.24. The number of benzene rings is 2. The number of rotatable bonds is 11. The maximum Gasteiger partial charge on any atom is 0.260 e. The molecule has 258 valence electrons. The van der Waals surface area contributed by atoms with E-state index in [-0.39, 0.29) is 35.2 Å². The van der Waals surface area contributed by atoms with Gasteiger partial charge in [-0.2, -0.15) is 5.26 Å². The molecule has 0 saturated carbocycles. The summed E-state index contributed by atoms with van der Waals surface area (Å²) >= 11 is 1.34. The van der Waals surface area contributed by atoms with Gasteiger partial charge in [0, 0.05) is 19.6 Å². The Morgan fingerprint density at radius 1 is 1.15 bits per heavy atom. The van der Waals surface area contributed by atoms with Crippen LogP contribution in [0, 0.1) is 18.3 Å². The summed E-state index contributed by atoms with van der Waals surface area (Å²) in [5.41, 5.74) is 2.73. The molecule has 3 rings (SSSR count). The summed E-state index contributed by atoms with van der Waals surface area (Å²) in [5.74, 6) is -3.58. The molecule has 47 heavy (non-hydrogen) atoms. The predicted octanol–water partition coefficient (Wildman–Crippen LogP) is 9.50. The Morgan fingerprint density at radius 2 is 1.79 bits per heavy atom. The van der Waals surface area contributed by atoms with Gasteiger partial charge in [0.25, 0.3) is 11.8 Å². The number of methoxy groups -OCH3 is 2. The number of thiazole rings is 1. The van der Waals surface area contributed by atoms with Crippen LogP contribution in [0.15, 0.2) is 55.1 Å². The zero-order chi connectivity index (χ0) is 36.2. The van der Waals surface area contributed by atoms with Crippen molar-refractivity contribution >= 4 is 39.1 Å². The Bertz CT molecular complexity index is 1490. The number of aryl methyl sites for hydroxylation is 1. The minimum atomic E-state index is -2.83. The number of carbonyl (C=O) groups is 2. The van der Waals surface area contributed by atoms with Gasteiger partial charge >= 0.3 is 0 Å². The third-order valence-corrected chi connectivity index (χ3v) is 7.30. The first-order valence-electron chi connectivity index (χ1n) is 15.4. The first-order chi connectivity index (χ1) is 22.3. The molecule has 0 bridgehead atoms. The molecule has 0 aliphatic rings. The number of amides is 2. The minimum absolute atomic E-state index is 0.0805. The van der Waals surface area contributed by atoms with Crippen LogP contribution in [0.25, 0.3) is 10.2 Å². The standard InChI is InChI=1S/C24H24F2N4O3S.C7H14O.C3H8.C2H4/c1-13(9-10-24(3,25)26)28-22(31)16-6-5-15(12-27)11-18(16)30-23(32)20-19(33-4)8-7-17-21(20)34-14(2)29-17;1-4-7(5-2)6-8-3;1-3-2;1-2/h5-8,11,13H,9-10H2,1-4H3,(H,28,31)(H,30,32);4H,5-6H2,1-3H3;3H2,1-2H3;1-2H2/b;7-4-;;. The van der Waals surface area contributed by atoms with E-state index >= 15 is 0 Å². The van der Waals surface area contributed by atoms with Crippen molar-refractivity contribution in [2.24, 2.45) is 0 Å². The van der Waals surface area contributed by atoms with E-state index in [0.29, 0.717) is 16.0 Å². The van der Waals surface area contributed by atoms with Crippen molar-refractivity contribution in [2.45, 2.75) is 86.1 Å². The van der Waals surface area contributed by atoms with Crippen molar-refractivity contribution in [3.8, 4) is 11.8 Å². The van der Waals surface area contributed by atoms with Gasteiger partial charge in [0.15, 0.2) is 0 Å². The first kappa shape index (κ1) is 42.9. The lowest BCUT2D eigenvalue weighted by Crippen LogP contribution is -2.34. The Hall–Kier alpha value is -4.14. The summed E-state index contributed by atoms with van der Waals surface area (Å²) in [7, 11) is 3.17. The van der Waals surface area contributed by atoms with Crippen LogP contribution in [-0.4, -0.2) is 49.6 Å². The molecule has 2 N–H and O–H groups in total. The van der Waals surface area contributed by atoms with Crippen molar-refractivity contribution in [1.82, 2.24) is 10.3 Å². The Kier molecular flexibility index (Phi) is 20.4. The molecule has 0 aliphatic heterocycles. The van der Waals surface area contributed by atoms with E-state index in [1.54, 1.807) is 26.2 Å². The molecule has 0 radical (unpaired) electrons. The summed E-state index contributed by atoms with van der Waals surface area (Å²) in [5, 5.41) is 15.5. The molecular weight excluding hydrogens is 622 g/mol. The summed E-state index contributed by atoms with van der Waals surface area (Å²) in [6.07, 6.45) is 4.16. The van der Waals surface area contributed by atoms with Crippen LogP contribution >= 0.6 is 11.3 Å². The molecule has 8 nitrogen and oxygen atoms in total. The van der Waals surface area contributed by atoms with Gasteiger partial charge in [-0.1, -0.05) is 33.3 Å². The molecule has 0 spiro atoms. The zero-order valence-electron chi connectivity index (χ0n) is 29.2. The van der Waals surface area contributed by atoms with Crippen LogP contribution in [0.1, 0.15) is 98.5 Å². The Labute approximate surface area is 282 Å². The number of fused-ring (bicyclic) bond motifs is 1. The summed E-state index contributed by atoms with van der Waals surface area (Å²) in [4.78, 5) is 30.6. The van der Waals surface area contributed by atoms with Gasteiger partial charge < -0.3 is 20.1 Å². The van der Waals surface area contributed by atoms with Gasteiger partial charge in [0.05, 0.1) is 51.8 Å². The van der Waals surface area contributed by atoms with Gasteiger partial charge in [-0.05, 0) is 76.4 Å². The molecule has 0 saturated heterocycles. The number of hydrogen-bond acceptors (Lipinski definition) is 7. The second-order valence-electron chi connectivity index (χ2n) is 10.5. The van der Waals surface area contributed by atoms with Crippen molar-refractivity contribution < 1.29 is 27.8 Å². The van der Waals surface area contributed by atoms with Crippen LogP contribution in [0.2, 0.25) is 0 Å². The molecule has 0 aliphatic carbocycles. The molecule has 3 aromatic rings. The van der Waals surface area contributed by atoms with Crippen LogP contribution in [0.5, 0.6) is 5.75 Å². The quantitative estimate of drug-likeness (QED) is 0.196. The second-order valence-corrected chi connectivity index (χ2v) is 11.7. The number of nitrogens with one attached hydrogen (secondary N) is 2. The molecule has 1 heterocycles. The highest BCUT2D eigenvalue weighted by atomic mass is 32.1. The molecule has 2 aromatic carbocycles. The molecule has 1 unspecified atom stereocenters. The largest absolute Gasteiger partial charge is 0.496 e. The fraction of sp³-hybridized carbons (Fsp3) is 0.444. The number of carbonyl (C=O) groups excluding carboxylic acids is 2. The second kappa shape index (κ2) is 22.4. The fourth-order valence-electron chi connectivity index (χ4n) is 3.99. The average Bonchev–Trinajstić information content (AvgIpc) is 3.43. The number of ether oxygens (including phenoxy) is 2. The molecule has 2 amide bonds. The molecule has 0 fully saturated rings. The van der Waals surface area contributed by atoms with Crippen LogP contribution < -0.4 is 15.4 Å². The van der Waals surface area contributed by atoms with Gasteiger partial charge in [0.2, 0.25) is 5.92 Å². The van der Waals surface area contributed by atoms with Crippen molar-refractivity contribution in [3.05, 3.63) is 76.8 Å². The third kappa shape index (κ3) is 14.9. The molecule has 1 aromatic heterocycles. The molecule has 1 atom stereocenters. The lowest BCUT2D eigenvalue weighted by molar-refractivity contribution is 0.00867. The van der Waals surface area contributed by atoms with Gasteiger partial charge in [-0.15, -0.1) is 24.5 Å². The third-order valence-electron chi connectivity index (χ3n) is 6.30. The summed E-state index contributed by atoms with van der Waals surface area (Å²) < 4.78 is 37.3. The summed E-state index contributed by atoms with van der Waals surface area (Å²) in [6.45, 7) is 19.5. The van der Waals surface area contributed by atoms with Crippen LogP contribution in [0.4, 0.5) is 14.5 Å². The number of allylic oxidation sites excluding steroid dienone is 1. The Morgan fingerprint density at radius 3 is 2.28 bits per heavy atom. The molecular formula is C36H50F2N4O4S. The van der Waals surface area contributed by atoms with E-state index in [2.05, 4.69) is 55.6 Å². The van der Waals surface area contributed by atoms with Crippen molar-refractivity contribution in [3.63, 3.8) is 0 Å². The van der Waals surface area contributed by atoms with Gasteiger partial charge in [0.1, 0.15) is 11.3 Å². The van der Waals surface area contributed by atoms with Gasteiger partial charge in [-0.3, -0.25) is 9.59 Å². The predicted molar refractivity (Wildman–Crippen MR) is 190 cm³/mol. The van der Waals surface area contributed by atoms with Crippen molar-refractivity contribution in [2.75, 3.05) is 26.1 Å². The van der Waals surface area contributed by atoms with E-state index in [0.717, 1.165) is 25.0 Å². The number of nitriles is 1. The summed E-state index contributed by atoms with van der Waals surface area (Å²) in [6, 6.07) is 9.11. The van der Waals surface area contributed by atoms with E-state index in [9.17, 15) is 23.6 Å². The maximum atomic E-state index is 13.3. The fourth-order valence-corrected chi connectivity index (χ4v) is 4.94. The van der Waals surface area contributed by atoms with Crippen LogP contribution in [-0.2, 0) is 4.74 Å². The van der Waals surface area contributed by atoms with Crippen molar-refractivity contribution in [1.29, 1.82) is 5.26 Å². The highest BCUT2D eigenvalue weighted by Crippen LogP contribution is 2.33. The van der Waals surface area contributed by atoms with E-state index < -0.39 is 23.8 Å². The first-order valence-corrected chi connectivity index (χ1v) is 16.2. The minimum Gasteiger partial charge on any atom is -0.496 e. The number of hydrogen-bond donors (Lipinski definition) is 2. The number of alkyl halides is 2. The number of anilines is 1. The molecule has 11 heteroatoms. The SMILES string of the molecule is C/C=C(/CC)COC.C=C.CCC.COc1ccc2nc(C)sc2c1C(=O)Nc1cc(C#N)ccc1C(=O)NC(C)CCC(C)(F)F. The topological polar surface area (TPSA) is 113 Å². The number of halogens is 2. The number of nitrogens with zero attached hydrogens (tertiary/aromatic N) is 2.